The Labute approximate surface area is 221 Å². The number of imidazole rings is 1. The van der Waals surface area contributed by atoms with Crippen LogP contribution in [0.1, 0.15) is 38.2 Å². The predicted molar refractivity (Wildman–Crippen MR) is 142 cm³/mol. The number of anilines is 5. The molecule has 0 spiro atoms. The van der Waals surface area contributed by atoms with E-state index in [2.05, 4.69) is 26.3 Å². The van der Waals surface area contributed by atoms with Crippen LogP contribution in [0.5, 0.6) is 0 Å². The van der Waals surface area contributed by atoms with Gasteiger partial charge >= 0.3 is 5.69 Å². The highest BCUT2D eigenvalue weighted by atomic mass is 19.3. The topological polar surface area (TPSA) is 134 Å². The number of alkyl halides is 2. The van der Waals surface area contributed by atoms with Crippen LogP contribution in [0.25, 0.3) is 11.0 Å². The van der Waals surface area contributed by atoms with Crippen LogP contribution >= 0.6 is 0 Å². The summed E-state index contributed by atoms with van der Waals surface area (Å²) in [6.07, 6.45) is 1.44. The van der Waals surface area contributed by atoms with Crippen molar-refractivity contribution in [3.8, 4) is 6.07 Å². The molecule has 12 heteroatoms. The van der Waals surface area contributed by atoms with Gasteiger partial charge in [-0.2, -0.15) is 10.2 Å². The average Bonchev–Trinajstić information content (AvgIpc) is 3.29. The minimum absolute atomic E-state index is 0.220. The van der Waals surface area contributed by atoms with Crippen LogP contribution in [0, 0.1) is 11.3 Å². The number of aromatic amines is 2. The largest absolute Gasteiger partial charge is 0.340 e. The van der Waals surface area contributed by atoms with E-state index >= 15 is 0 Å². The number of carbonyl (C=O) groups excluding carboxylic acids is 1. The summed E-state index contributed by atoms with van der Waals surface area (Å²) in [5.41, 5.74) is 2.86. The number of halogens is 2. The average molecular weight is 531 g/mol. The molecule has 10 nitrogen and oxygen atoms in total. The van der Waals surface area contributed by atoms with Gasteiger partial charge in [0.15, 0.2) is 5.82 Å². The van der Waals surface area contributed by atoms with E-state index in [1.54, 1.807) is 49.4 Å². The summed E-state index contributed by atoms with van der Waals surface area (Å²) in [7, 11) is 0. The lowest BCUT2D eigenvalue weighted by molar-refractivity contribution is -0.119. The first-order valence-electron chi connectivity index (χ1n) is 12.6. The lowest BCUT2D eigenvalue weighted by Gasteiger charge is -2.46. The highest BCUT2D eigenvalue weighted by molar-refractivity contribution is 6.10. The number of nitriles is 1. The molecule has 2 aliphatic rings. The minimum atomic E-state index is -2.72. The molecule has 1 saturated carbocycles. The van der Waals surface area contributed by atoms with Crippen molar-refractivity contribution in [1.82, 2.24) is 19.9 Å². The van der Waals surface area contributed by atoms with Crippen molar-refractivity contribution >= 4 is 45.8 Å². The van der Waals surface area contributed by atoms with Crippen molar-refractivity contribution < 1.29 is 13.6 Å². The molecule has 0 bridgehead atoms. The summed E-state index contributed by atoms with van der Waals surface area (Å²) in [5, 5.41) is 12.5. The van der Waals surface area contributed by atoms with Crippen LogP contribution in [-0.2, 0) is 4.79 Å². The Hall–Kier alpha value is -4.79. The maximum atomic E-state index is 14.0. The van der Waals surface area contributed by atoms with Crippen LogP contribution < -0.4 is 20.8 Å². The van der Waals surface area contributed by atoms with Gasteiger partial charge in [0.1, 0.15) is 11.7 Å². The molecule has 0 radical (unpaired) electrons. The third kappa shape index (κ3) is 4.46. The van der Waals surface area contributed by atoms with Gasteiger partial charge in [-0.25, -0.2) is 18.6 Å². The fourth-order valence-corrected chi connectivity index (χ4v) is 5.39. The van der Waals surface area contributed by atoms with Gasteiger partial charge in [-0.1, -0.05) is 6.07 Å². The number of rotatable bonds is 4. The van der Waals surface area contributed by atoms with E-state index in [0.717, 1.165) is 0 Å². The van der Waals surface area contributed by atoms with E-state index in [1.807, 2.05) is 4.90 Å². The van der Waals surface area contributed by atoms with E-state index < -0.39 is 12.0 Å². The summed E-state index contributed by atoms with van der Waals surface area (Å²) < 4.78 is 28.0. The molecule has 0 unspecified atom stereocenters. The van der Waals surface area contributed by atoms with Gasteiger partial charge in [0.05, 0.1) is 34.6 Å². The first-order valence-corrected chi connectivity index (χ1v) is 12.6. The van der Waals surface area contributed by atoms with Crippen LogP contribution in [-0.4, -0.2) is 43.8 Å². The Kier molecular flexibility index (Phi) is 5.79. The lowest BCUT2D eigenvalue weighted by atomic mass is 9.89. The van der Waals surface area contributed by atoms with Gasteiger partial charge in [-0.05, 0) is 56.2 Å². The zero-order valence-corrected chi connectivity index (χ0v) is 20.9. The molecular weight excluding hydrogens is 506 g/mol. The van der Waals surface area contributed by atoms with Crippen molar-refractivity contribution in [3.63, 3.8) is 0 Å². The van der Waals surface area contributed by atoms with Crippen LogP contribution in [0.3, 0.4) is 0 Å². The second-order valence-electron chi connectivity index (χ2n) is 9.87. The zero-order chi connectivity index (χ0) is 27.3. The molecule has 198 valence electrons. The number of hydrogen-bond acceptors (Lipinski definition) is 7. The lowest BCUT2D eigenvalue weighted by Crippen LogP contribution is -2.56. The van der Waals surface area contributed by atoms with E-state index in [1.165, 1.54) is 11.1 Å². The molecule has 1 fully saturated rings. The minimum Gasteiger partial charge on any atom is -0.340 e. The van der Waals surface area contributed by atoms with Gasteiger partial charge in [-0.15, -0.1) is 0 Å². The normalized spacial score (nSPS) is 19.1. The second kappa shape index (κ2) is 9.20. The van der Waals surface area contributed by atoms with Gasteiger partial charge in [0.25, 0.3) is 5.91 Å². The maximum absolute atomic E-state index is 14.0. The Morgan fingerprint density at radius 1 is 1.10 bits per heavy atom. The fraction of sp³-hybridized carbons (Fsp3) is 0.296. The molecule has 4 aromatic rings. The van der Waals surface area contributed by atoms with Crippen molar-refractivity contribution in [2.75, 3.05) is 15.1 Å². The number of benzene rings is 2. The smallest absolute Gasteiger partial charge is 0.323 e. The Morgan fingerprint density at radius 3 is 2.64 bits per heavy atom. The Bertz CT molecular complexity index is 1680. The number of amides is 1. The van der Waals surface area contributed by atoms with E-state index in [0.29, 0.717) is 39.5 Å². The first-order chi connectivity index (χ1) is 18.7. The predicted octanol–water partition coefficient (Wildman–Crippen LogP) is 4.71. The van der Waals surface area contributed by atoms with Crippen LogP contribution in [0.4, 0.5) is 37.6 Å². The summed E-state index contributed by atoms with van der Waals surface area (Å²) in [6, 6.07) is 13.0. The number of carbonyl (C=O) groups is 1. The molecule has 6 rings (SSSR count). The molecule has 1 aliphatic carbocycles. The first kappa shape index (κ1) is 24.5. The van der Waals surface area contributed by atoms with E-state index in [-0.39, 0.29) is 49.3 Å². The van der Waals surface area contributed by atoms with E-state index in [4.69, 9.17) is 4.98 Å². The Morgan fingerprint density at radius 2 is 1.87 bits per heavy atom. The molecule has 2 aromatic heterocycles. The molecule has 39 heavy (non-hydrogen) atoms. The molecule has 3 N–H and O–H groups in total. The number of nitrogens with one attached hydrogen (secondary N) is 3. The third-order valence-electron chi connectivity index (χ3n) is 7.32. The summed E-state index contributed by atoms with van der Waals surface area (Å²) in [6.45, 7) is 1.74. The highest BCUT2D eigenvalue weighted by Crippen LogP contribution is 2.44. The van der Waals surface area contributed by atoms with E-state index in [9.17, 15) is 23.6 Å². The molecule has 1 amide bonds. The molecule has 1 atom stereocenters. The summed E-state index contributed by atoms with van der Waals surface area (Å²) in [5.74, 6) is -2.30. The summed E-state index contributed by atoms with van der Waals surface area (Å²) >= 11 is 0. The van der Waals surface area contributed by atoms with Crippen molar-refractivity contribution in [1.29, 1.82) is 5.26 Å². The number of fused-ring (bicyclic) bond motifs is 2. The highest BCUT2D eigenvalue weighted by Gasteiger charge is 2.44. The third-order valence-corrected chi connectivity index (χ3v) is 7.32. The molecule has 2 aromatic carbocycles. The van der Waals surface area contributed by atoms with Gasteiger partial charge in [-0.3, -0.25) is 9.69 Å². The number of nitrogens with zero attached hydrogens (tertiary/aromatic N) is 5. The van der Waals surface area contributed by atoms with Crippen molar-refractivity contribution in [2.45, 2.75) is 50.6 Å². The standard InChI is InChI=1S/C27H24F2N8O2/c1-15-24(38)37(19-4-2-3-16(11-19)13-30)22-14-31-25(32-17-5-6-20-21(12-17)34-26(39)33-20)35-23(22)36(15)18-7-9-27(28,29)10-8-18/h2-6,11-12,14-15,18H,7-10H2,1H3,(H,31,32,35)(H2,33,34,39)/t15-/m1/s1. The number of hydrogen-bond donors (Lipinski definition) is 3. The second-order valence-corrected chi connectivity index (χ2v) is 9.87. The molecule has 0 saturated heterocycles. The molecule has 3 heterocycles. The van der Waals surface area contributed by atoms with Gasteiger partial charge in [0, 0.05) is 24.6 Å². The van der Waals surface area contributed by atoms with Crippen molar-refractivity contribution in [2.24, 2.45) is 0 Å². The molecule has 1 aliphatic heterocycles. The zero-order valence-electron chi connectivity index (χ0n) is 20.9. The number of aromatic nitrogens is 4. The van der Waals surface area contributed by atoms with Gasteiger partial charge in [0.2, 0.25) is 11.9 Å². The monoisotopic (exact) mass is 530 g/mol. The quantitative estimate of drug-likeness (QED) is 0.348. The van der Waals surface area contributed by atoms with Crippen molar-refractivity contribution in [3.05, 3.63) is 64.7 Å². The Balaban J connectivity index is 1.43. The fourth-order valence-electron chi connectivity index (χ4n) is 5.39. The summed E-state index contributed by atoms with van der Waals surface area (Å²) in [4.78, 5) is 43.3. The van der Waals surface area contributed by atoms with Crippen LogP contribution in [0.2, 0.25) is 0 Å². The maximum Gasteiger partial charge on any atom is 0.323 e. The number of H-pyrrole nitrogens is 2. The SMILES string of the molecule is C[C@@H]1C(=O)N(c2cccc(C#N)c2)c2cnc(Nc3ccc4[nH]c(=O)[nH]c4c3)nc2N1C1CCC(F)(F)CC1. The van der Waals surface area contributed by atoms with Crippen LogP contribution in [0.15, 0.2) is 53.5 Å². The van der Waals surface area contributed by atoms with Gasteiger partial charge < -0.3 is 20.2 Å². The molecular formula is C27H24F2N8O2.